The molecule has 116 valence electrons. The lowest BCUT2D eigenvalue weighted by Gasteiger charge is -2.64. The van der Waals surface area contributed by atoms with Gasteiger partial charge in [-0.15, -0.1) is 0 Å². The van der Waals surface area contributed by atoms with Crippen molar-refractivity contribution in [1.82, 2.24) is 15.5 Å². The van der Waals surface area contributed by atoms with Crippen LogP contribution in [0, 0.1) is 16.7 Å². The molecule has 1 aromatic rings. The molecule has 0 saturated heterocycles. The smallest absolute Gasteiger partial charge is 0.243 e. The molecule has 5 rings (SSSR count). The van der Waals surface area contributed by atoms with Gasteiger partial charge in [-0.2, -0.15) is 4.98 Å². The molecule has 0 aromatic carbocycles. The SMILES string of the molecule is CNC(C)c1nc(C23CC4CC(C)(CC(C)(C4)C2)C3)no1. The van der Waals surface area contributed by atoms with Crippen molar-refractivity contribution in [2.75, 3.05) is 7.05 Å². The average Bonchev–Trinajstić information content (AvgIpc) is 2.83. The Morgan fingerprint density at radius 3 is 2.38 bits per heavy atom. The molecule has 4 bridgehead atoms. The van der Waals surface area contributed by atoms with E-state index in [1.807, 2.05) is 7.05 Å². The maximum atomic E-state index is 5.55. The maximum absolute atomic E-state index is 5.55. The number of rotatable bonds is 3. The second-order valence-electron chi connectivity index (χ2n) is 8.88. The van der Waals surface area contributed by atoms with E-state index >= 15 is 0 Å². The zero-order valence-electron chi connectivity index (χ0n) is 13.7. The molecule has 0 amide bonds. The molecular weight excluding hydrogens is 262 g/mol. The van der Waals surface area contributed by atoms with Crippen LogP contribution in [-0.4, -0.2) is 17.2 Å². The van der Waals surface area contributed by atoms with Gasteiger partial charge in [-0.05, 0) is 69.2 Å². The second kappa shape index (κ2) is 4.09. The molecule has 1 aromatic heterocycles. The molecular formula is C17H27N3O. The molecule has 4 fully saturated rings. The third kappa shape index (κ3) is 1.98. The molecule has 0 aliphatic heterocycles. The van der Waals surface area contributed by atoms with Gasteiger partial charge < -0.3 is 9.84 Å². The lowest BCUT2D eigenvalue weighted by atomic mass is 9.40. The van der Waals surface area contributed by atoms with Crippen molar-refractivity contribution in [1.29, 1.82) is 0 Å². The highest BCUT2D eigenvalue weighted by Gasteiger charge is 2.62. The van der Waals surface area contributed by atoms with Crippen molar-refractivity contribution >= 4 is 0 Å². The first-order chi connectivity index (χ1) is 9.85. The van der Waals surface area contributed by atoms with Crippen molar-refractivity contribution < 1.29 is 4.52 Å². The van der Waals surface area contributed by atoms with Crippen LogP contribution in [0.1, 0.15) is 77.1 Å². The van der Waals surface area contributed by atoms with E-state index < -0.39 is 0 Å². The van der Waals surface area contributed by atoms with E-state index in [0.29, 0.717) is 10.8 Å². The van der Waals surface area contributed by atoms with E-state index in [2.05, 4.69) is 31.2 Å². The third-order valence-electron chi connectivity index (χ3n) is 6.35. The van der Waals surface area contributed by atoms with Crippen LogP contribution in [0.25, 0.3) is 0 Å². The van der Waals surface area contributed by atoms with Crippen LogP contribution in [0.5, 0.6) is 0 Å². The van der Waals surface area contributed by atoms with Gasteiger partial charge >= 0.3 is 0 Å². The predicted octanol–water partition coefficient (Wildman–Crippen LogP) is 3.60. The Morgan fingerprint density at radius 1 is 1.14 bits per heavy atom. The molecule has 1 heterocycles. The van der Waals surface area contributed by atoms with E-state index in [9.17, 15) is 0 Å². The third-order valence-corrected chi connectivity index (χ3v) is 6.35. The van der Waals surface area contributed by atoms with Gasteiger partial charge in [-0.1, -0.05) is 19.0 Å². The molecule has 4 aliphatic rings. The van der Waals surface area contributed by atoms with Gasteiger partial charge in [0.1, 0.15) is 0 Å². The van der Waals surface area contributed by atoms with Gasteiger partial charge in [0.15, 0.2) is 5.82 Å². The largest absolute Gasteiger partial charge is 0.338 e. The highest BCUT2D eigenvalue weighted by atomic mass is 16.5. The minimum absolute atomic E-state index is 0.131. The summed E-state index contributed by atoms with van der Waals surface area (Å²) in [6.07, 6.45) is 7.96. The van der Waals surface area contributed by atoms with Crippen LogP contribution in [0.4, 0.5) is 0 Å². The summed E-state index contributed by atoms with van der Waals surface area (Å²) in [5.74, 6) is 2.58. The van der Waals surface area contributed by atoms with Gasteiger partial charge in [0.25, 0.3) is 0 Å². The highest BCUT2D eigenvalue weighted by Crippen LogP contribution is 2.69. The molecule has 4 heteroatoms. The standard InChI is InChI=1S/C17H27N3O/c1-11(18-4)13-19-14(20-21-13)17-7-12-5-15(2,9-17)8-16(3,6-12)10-17/h11-12,18H,5-10H2,1-4H3. The highest BCUT2D eigenvalue weighted by molar-refractivity contribution is 5.21. The fourth-order valence-corrected chi connectivity index (χ4v) is 6.45. The van der Waals surface area contributed by atoms with Gasteiger partial charge in [0.2, 0.25) is 5.89 Å². The first kappa shape index (κ1) is 13.7. The summed E-state index contributed by atoms with van der Waals surface area (Å²) in [6, 6.07) is 0.131. The van der Waals surface area contributed by atoms with Crippen molar-refractivity contribution in [3.8, 4) is 0 Å². The summed E-state index contributed by atoms with van der Waals surface area (Å²) >= 11 is 0. The quantitative estimate of drug-likeness (QED) is 0.923. The van der Waals surface area contributed by atoms with Gasteiger partial charge in [0.05, 0.1) is 6.04 Å². The average molecular weight is 289 g/mol. The van der Waals surface area contributed by atoms with Crippen molar-refractivity contribution in [2.45, 2.75) is 70.8 Å². The topological polar surface area (TPSA) is 51.0 Å². The van der Waals surface area contributed by atoms with Crippen molar-refractivity contribution in [3.63, 3.8) is 0 Å². The Bertz CT molecular complexity index is 548. The van der Waals surface area contributed by atoms with Crippen molar-refractivity contribution in [2.24, 2.45) is 16.7 Å². The number of aromatic nitrogens is 2. The molecule has 4 nitrogen and oxygen atoms in total. The van der Waals surface area contributed by atoms with E-state index in [4.69, 9.17) is 9.51 Å². The lowest BCUT2D eigenvalue weighted by molar-refractivity contribution is -0.113. The van der Waals surface area contributed by atoms with E-state index in [0.717, 1.165) is 17.6 Å². The fraction of sp³-hybridized carbons (Fsp3) is 0.882. The van der Waals surface area contributed by atoms with Crippen LogP contribution in [0.2, 0.25) is 0 Å². The zero-order valence-corrected chi connectivity index (χ0v) is 13.7. The Labute approximate surface area is 127 Å². The first-order valence-electron chi connectivity index (χ1n) is 8.37. The van der Waals surface area contributed by atoms with Gasteiger partial charge in [-0.25, -0.2) is 0 Å². The minimum Gasteiger partial charge on any atom is -0.338 e. The van der Waals surface area contributed by atoms with Crippen LogP contribution in [0.15, 0.2) is 4.52 Å². The second-order valence-corrected chi connectivity index (χ2v) is 8.88. The summed E-state index contributed by atoms with van der Waals surface area (Å²) in [4.78, 5) is 4.79. The first-order valence-corrected chi connectivity index (χ1v) is 8.37. The van der Waals surface area contributed by atoms with Gasteiger partial charge in [-0.3, -0.25) is 0 Å². The summed E-state index contributed by atoms with van der Waals surface area (Å²) in [6.45, 7) is 7.04. The zero-order chi connectivity index (χ0) is 14.9. The number of hydrogen-bond acceptors (Lipinski definition) is 4. The van der Waals surface area contributed by atoms with Crippen molar-refractivity contribution in [3.05, 3.63) is 11.7 Å². The molecule has 0 radical (unpaired) electrons. The van der Waals surface area contributed by atoms with E-state index in [1.165, 1.54) is 38.5 Å². The predicted molar refractivity (Wildman–Crippen MR) is 80.9 cm³/mol. The summed E-state index contributed by atoms with van der Waals surface area (Å²) < 4.78 is 5.55. The normalized spacial score (nSPS) is 46.0. The van der Waals surface area contributed by atoms with Gasteiger partial charge in [0, 0.05) is 5.41 Å². The van der Waals surface area contributed by atoms with Crippen LogP contribution in [-0.2, 0) is 5.41 Å². The summed E-state index contributed by atoms with van der Waals surface area (Å²) in [5.41, 5.74) is 1.16. The maximum Gasteiger partial charge on any atom is 0.243 e. The minimum atomic E-state index is 0.131. The summed E-state index contributed by atoms with van der Waals surface area (Å²) in [7, 11) is 1.93. The molecule has 1 N–H and O–H groups in total. The number of nitrogens with one attached hydrogen (secondary N) is 1. The van der Waals surface area contributed by atoms with Crippen LogP contribution < -0.4 is 5.32 Å². The fourth-order valence-electron chi connectivity index (χ4n) is 6.45. The molecule has 3 atom stereocenters. The monoisotopic (exact) mass is 289 g/mol. The molecule has 21 heavy (non-hydrogen) atoms. The van der Waals surface area contributed by atoms with E-state index in [-0.39, 0.29) is 11.5 Å². The molecule has 0 spiro atoms. The Morgan fingerprint density at radius 2 is 1.81 bits per heavy atom. The summed E-state index contributed by atoms with van der Waals surface area (Å²) in [5, 5.41) is 7.60. The van der Waals surface area contributed by atoms with Crippen LogP contribution >= 0.6 is 0 Å². The Hall–Kier alpha value is -0.900. The Balaban J connectivity index is 1.72. The molecule has 4 aliphatic carbocycles. The molecule has 3 unspecified atom stereocenters. The number of nitrogens with zero attached hydrogens (tertiary/aromatic N) is 2. The molecule has 4 saturated carbocycles. The van der Waals surface area contributed by atoms with Crippen LogP contribution in [0.3, 0.4) is 0 Å². The lowest BCUT2D eigenvalue weighted by Crippen LogP contribution is -2.57. The Kier molecular flexibility index (Phi) is 2.68. The number of hydrogen-bond donors (Lipinski definition) is 1. The van der Waals surface area contributed by atoms with E-state index in [1.54, 1.807) is 0 Å².